The molecule has 3 rings (SSSR count). The molecule has 0 spiro atoms. The summed E-state index contributed by atoms with van der Waals surface area (Å²) in [4.78, 5) is 4.61. The molecule has 1 aromatic heterocycles. The highest BCUT2D eigenvalue weighted by molar-refractivity contribution is 5.27. The van der Waals surface area contributed by atoms with Gasteiger partial charge in [0.25, 0.3) is 0 Å². The molecule has 0 bridgehead atoms. The van der Waals surface area contributed by atoms with Gasteiger partial charge in [0.1, 0.15) is 0 Å². The molecule has 2 aliphatic rings. The van der Waals surface area contributed by atoms with Gasteiger partial charge in [-0.2, -0.15) is 0 Å². The van der Waals surface area contributed by atoms with E-state index >= 15 is 0 Å². The summed E-state index contributed by atoms with van der Waals surface area (Å²) >= 11 is 0. The minimum absolute atomic E-state index is 0.253. The van der Waals surface area contributed by atoms with E-state index in [4.69, 9.17) is 10.5 Å². The molecule has 0 radical (unpaired) electrons. The van der Waals surface area contributed by atoms with Crippen molar-refractivity contribution in [2.75, 3.05) is 13.2 Å². The predicted molar refractivity (Wildman–Crippen MR) is 71.4 cm³/mol. The largest absolute Gasteiger partial charge is 0.381 e. The van der Waals surface area contributed by atoms with Crippen LogP contribution in [0.25, 0.3) is 0 Å². The number of fused-ring (bicyclic) bond motifs is 1. The predicted octanol–water partition coefficient (Wildman–Crippen LogP) is 2.26. The Morgan fingerprint density at radius 1 is 1.28 bits per heavy atom. The van der Waals surface area contributed by atoms with Crippen LogP contribution in [-0.2, 0) is 11.2 Å². The van der Waals surface area contributed by atoms with Crippen LogP contribution in [0.3, 0.4) is 0 Å². The van der Waals surface area contributed by atoms with E-state index in [1.165, 1.54) is 30.5 Å². The number of hydrogen-bond acceptors (Lipinski definition) is 3. The number of aromatic nitrogens is 1. The fraction of sp³-hybridized carbons (Fsp3) is 0.667. The number of hydrogen-bond donors (Lipinski definition) is 1. The Bertz CT molecular complexity index is 401. The van der Waals surface area contributed by atoms with E-state index in [1.54, 1.807) is 0 Å². The van der Waals surface area contributed by atoms with Crippen LogP contribution >= 0.6 is 0 Å². The van der Waals surface area contributed by atoms with Gasteiger partial charge in [0.15, 0.2) is 0 Å². The van der Waals surface area contributed by atoms with Crippen molar-refractivity contribution in [1.82, 2.24) is 4.98 Å². The summed E-state index contributed by atoms with van der Waals surface area (Å²) in [6.45, 7) is 1.75. The van der Waals surface area contributed by atoms with E-state index in [1.807, 2.05) is 12.3 Å². The molecular weight excluding hydrogens is 224 g/mol. The maximum absolute atomic E-state index is 6.54. The highest BCUT2D eigenvalue weighted by atomic mass is 16.5. The van der Waals surface area contributed by atoms with Crippen molar-refractivity contribution < 1.29 is 4.74 Å². The molecule has 1 saturated heterocycles. The summed E-state index contributed by atoms with van der Waals surface area (Å²) in [5, 5.41) is 0. The van der Waals surface area contributed by atoms with Crippen molar-refractivity contribution >= 4 is 0 Å². The topological polar surface area (TPSA) is 48.1 Å². The molecular formula is C15H22N2O. The first-order valence-electron chi connectivity index (χ1n) is 7.13. The summed E-state index contributed by atoms with van der Waals surface area (Å²) < 4.78 is 5.44. The second-order valence-corrected chi connectivity index (χ2v) is 5.57. The third-order valence-electron chi connectivity index (χ3n) is 4.51. The van der Waals surface area contributed by atoms with Gasteiger partial charge in [-0.15, -0.1) is 0 Å². The fourth-order valence-electron chi connectivity index (χ4n) is 3.45. The van der Waals surface area contributed by atoms with Crippen molar-refractivity contribution in [3.8, 4) is 0 Å². The van der Waals surface area contributed by atoms with Gasteiger partial charge in [-0.05, 0) is 49.7 Å². The maximum Gasteiger partial charge on any atom is 0.0481 e. The Kier molecular flexibility index (Phi) is 3.62. The lowest BCUT2D eigenvalue weighted by Crippen LogP contribution is -2.40. The molecule has 1 fully saturated rings. The molecule has 0 aromatic carbocycles. The number of nitrogens with two attached hydrogens (primary N) is 1. The van der Waals surface area contributed by atoms with Crippen molar-refractivity contribution in [3.63, 3.8) is 0 Å². The third-order valence-corrected chi connectivity index (χ3v) is 4.51. The lowest BCUT2D eigenvalue weighted by Gasteiger charge is -2.35. The molecule has 1 aliphatic heterocycles. The Labute approximate surface area is 109 Å². The summed E-state index contributed by atoms with van der Waals surface area (Å²) in [7, 11) is 0. The average molecular weight is 246 g/mol. The zero-order chi connectivity index (χ0) is 12.4. The minimum Gasteiger partial charge on any atom is -0.381 e. The smallest absolute Gasteiger partial charge is 0.0481 e. The monoisotopic (exact) mass is 246 g/mol. The minimum atomic E-state index is 0.253. The van der Waals surface area contributed by atoms with Gasteiger partial charge in [0.2, 0.25) is 0 Å². The molecule has 0 saturated carbocycles. The van der Waals surface area contributed by atoms with Gasteiger partial charge >= 0.3 is 0 Å². The van der Waals surface area contributed by atoms with Crippen LogP contribution in [0, 0.1) is 5.92 Å². The third kappa shape index (κ3) is 2.29. The molecule has 1 aliphatic carbocycles. The van der Waals surface area contributed by atoms with Gasteiger partial charge in [0, 0.05) is 37.1 Å². The standard InChI is InChI=1S/C15H22N2O/c16-14(11-6-9-18-10-7-11)13-5-1-3-12-4-2-8-17-15(12)13/h2,4,8,11,13-14H,1,3,5-7,9-10,16H2. The van der Waals surface area contributed by atoms with Gasteiger partial charge in [-0.25, -0.2) is 0 Å². The zero-order valence-corrected chi connectivity index (χ0v) is 10.8. The van der Waals surface area contributed by atoms with Crippen molar-refractivity contribution in [2.45, 2.75) is 44.1 Å². The first-order chi connectivity index (χ1) is 8.86. The summed E-state index contributed by atoms with van der Waals surface area (Å²) in [6.07, 6.45) is 7.75. The van der Waals surface area contributed by atoms with E-state index in [0.717, 1.165) is 26.1 Å². The zero-order valence-electron chi connectivity index (χ0n) is 10.8. The van der Waals surface area contributed by atoms with Crippen LogP contribution in [0.15, 0.2) is 18.3 Å². The highest BCUT2D eigenvalue weighted by Gasteiger charge is 2.32. The number of nitrogens with zero attached hydrogens (tertiary/aromatic N) is 1. The summed E-state index contributed by atoms with van der Waals surface area (Å²) in [5.41, 5.74) is 9.22. The molecule has 1 aromatic rings. The van der Waals surface area contributed by atoms with Crippen LogP contribution in [0.4, 0.5) is 0 Å². The molecule has 0 amide bonds. The van der Waals surface area contributed by atoms with Crippen molar-refractivity contribution in [2.24, 2.45) is 11.7 Å². The molecule has 3 heteroatoms. The highest BCUT2D eigenvalue weighted by Crippen LogP contribution is 2.36. The van der Waals surface area contributed by atoms with Gasteiger partial charge in [-0.3, -0.25) is 4.98 Å². The van der Waals surface area contributed by atoms with Crippen molar-refractivity contribution in [1.29, 1.82) is 0 Å². The molecule has 2 N–H and O–H groups in total. The number of rotatable bonds is 2. The molecule has 2 heterocycles. The van der Waals surface area contributed by atoms with Gasteiger partial charge in [0.05, 0.1) is 0 Å². The molecule has 2 atom stereocenters. The van der Waals surface area contributed by atoms with Crippen LogP contribution in [0.2, 0.25) is 0 Å². The number of pyridine rings is 1. The van der Waals surface area contributed by atoms with E-state index in [-0.39, 0.29) is 6.04 Å². The lowest BCUT2D eigenvalue weighted by molar-refractivity contribution is 0.0543. The first-order valence-corrected chi connectivity index (χ1v) is 7.13. The quantitative estimate of drug-likeness (QED) is 0.870. The second-order valence-electron chi connectivity index (χ2n) is 5.57. The number of ether oxygens (including phenoxy) is 1. The summed E-state index contributed by atoms with van der Waals surface area (Å²) in [5.74, 6) is 1.06. The second kappa shape index (κ2) is 5.37. The van der Waals surface area contributed by atoms with E-state index in [2.05, 4.69) is 11.1 Å². The molecule has 18 heavy (non-hydrogen) atoms. The van der Waals surface area contributed by atoms with Gasteiger partial charge < -0.3 is 10.5 Å². The molecule has 3 nitrogen and oxygen atoms in total. The summed E-state index contributed by atoms with van der Waals surface area (Å²) in [6, 6.07) is 4.51. The molecule has 98 valence electrons. The Hall–Kier alpha value is -0.930. The van der Waals surface area contributed by atoms with Crippen LogP contribution in [0.5, 0.6) is 0 Å². The lowest BCUT2D eigenvalue weighted by atomic mass is 9.76. The number of aryl methyl sites for hydroxylation is 1. The van der Waals surface area contributed by atoms with E-state index in [0.29, 0.717) is 11.8 Å². The Morgan fingerprint density at radius 3 is 2.94 bits per heavy atom. The Morgan fingerprint density at radius 2 is 2.11 bits per heavy atom. The SMILES string of the molecule is NC(C1CCOCC1)C1CCCc2cccnc21. The van der Waals surface area contributed by atoms with Crippen molar-refractivity contribution in [3.05, 3.63) is 29.6 Å². The van der Waals surface area contributed by atoms with Gasteiger partial charge in [-0.1, -0.05) is 6.07 Å². The van der Waals surface area contributed by atoms with Crippen LogP contribution < -0.4 is 5.73 Å². The van der Waals surface area contributed by atoms with E-state index < -0.39 is 0 Å². The fourth-order valence-corrected chi connectivity index (χ4v) is 3.45. The average Bonchev–Trinajstić information content (AvgIpc) is 2.47. The van der Waals surface area contributed by atoms with Crippen LogP contribution in [0.1, 0.15) is 42.9 Å². The first kappa shape index (κ1) is 12.1. The van der Waals surface area contributed by atoms with Crippen LogP contribution in [-0.4, -0.2) is 24.2 Å². The van der Waals surface area contributed by atoms with E-state index in [9.17, 15) is 0 Å². The normalized spacial score (nSPS) is 26.6. The maximum atomic E-state index is 6.54. The molecule has 2 unspecified atom stereocenters. The Balaban J connectivity index is 1.80.